The maximum Gasteiger partial charge on any atom is 0.188 e. The van der Waals surface area contributed by atoms with E-state index in [1.165, 1.54) is 0 Å². The van der Waals surface area contributed by atoms with Crippen molar-refractivity contribution in [3.05, 3.63) is 52.1 Å². The molecule has 3 heterocycles. The predicted molar refractivity (Wildman–Crippen MR) is 102 cm³/mol. The molecule has 1 aromatic carbocycles. The lowest BCUT2D eigenvalue weighted by Crippen LogP contribution is -2.40. The van der Waals surface area contributed by atoms with E-state index in [1.807, 2.05) is 43.5 Å². The number of benzene rings is 1. The van der Waals surface area contributed by atoms with E-state index in [-0.39, 0.29) is 2.85 Å². The van der Waals surface area contributed by atoms with Crippen molar-refractivity contribution in [2.45, 2.75) is 12.8 Å². The molecule has 0 radical (unpaired) electrons. The Balaban J connectivity index is 0.00000121. The molecule has 126 valence electrons. The first-order valence-electron chi connectivity index (χ1n) is 7.73. The molecule has 1 aliphatic rings. The number of nitrogens with zero attached hydrogens (tertiary/aromatic N) is 3. The van der Waals surface area contributed by atoms with Crippen molar-refractivity contribution in [3.8, 4) is 11.4 Å². The first kappa shape index (κ1) is 15.5. The topological polar surface area (TPSA) is 62.7 Å². The highest BCUT2D eigenvalue weighted by Crippen LogP contribution is 2.30. The van der Waals surface area contributed by atoms with Crippen LogP contribution in [0.2, 0.25) is 5.02 Å². The number of hydrogen-bond donors (Lipinski definition) is 2. The van der Waals surface area contributed by atoms with Crippen LogP contribution in [0.1, 0.15) is 19.3 Å². The van der Waals surface area contributed by atoms with Gasteiger partial charge >= 0.3 is 0 Å². The highest BCUT2D eigenvalue weighted by molar-refractivity contribution is 7.15. The van der Waals surface area contributed by atoms with Gasteiger partial charge in [-0.3, -0.25) is 0 Å². The fourth-order valence-corrected chi connectivity index (χ4v) is 3.41. The lowest BCUT2D eigenvalue weighted by atomic mass is 9.99. The highest BCUT2D eigenvalue weighted by atomic mass is 35.5. The molecule has 0 spiro atoms. The first-order chi connectivity index (χ1) is 11.7. The third-order valence-corrected chi connectivity index (χ3v) is 5.07. The maximum atomic E-state index is 6.33. The van der Waals surface area contributed by atoms with E-state index in [2.05, 4.69) is 20.6 Å². The van der Waals surface area contributed by atoms with Crippen LogP contribution in [0.25, 0.3) is 11.4 Å². The number of nitrogens with one attached hydrogen (secondary N) is 2. The van der Waals surface area contributed by atoms with Crippen molar-refractivity contribution in [2.24, 2.45) is 0 Å². The Morgan fingerprint density at radius 2 is 2.12 bits per heavy atom. The average Bonchev–Trinajstić information content (AvgIpc) is 2.91. The molecule has 5 nitrogen and oxygen atoms in total. The Morgan fingerprint density at radius 3 is 2.79 bits per heavy atom. The second-order valence-corrected chi connectivity index (χ2v) is 7.38. The molecule has 3 aromatic rings. The largest absolute Gasteiger partial charge is 0.316 e. The summed E-state index contributed by atoms with van der Waals surface area (Å²) in [7, 11) is 0. The van der Waals surface area contributed by atoms with Crippen molar-refractivity contribution in [1.29, 1.82) is 0 Å². The number of halogens is 1. The van der Waals surface area contributed by atoms with Gasteiger partial charge in [0.25, 0.3) is 0 Å². The lowest BCUT2D eigenvalue weighted by molar-refractivity contribution is 0.440. The van der Waals surface area contributed by atoms with Crippen LogP contribution < -0.4 is 10.6 Å². The molecule has 1 fully saturated rings. The zero-order valence-electron chi connectivity index (χ0n) is 13.1. The average molecular weight is 362 g/mol. The second kappa shape index (κ2) is 6.47. The van der Waals surface area contributed by atoms with Gasteiger partial charge in [-0.05, 0) is 19.1 Å². The van der Waals surface area contributed by atoms with Gasteiger partial charge < -0.3 is 10.6 Å². The van der Waals surface area contributed by atoms with Crippen LogP contribution >= 0.6 is 22.9 Å². The molecule has 0 saturated carbocycles. The van der Waals surface area contributed by atoms with Gasteiger partial charge in [0.2, 0.25) is 0 Å². The van der Waals surface area contributed by atoms with Gasteiger partial charge in [0.15, 0.2) is 11.0 Å². The summed E-state index contributed by atoms with van der Waals surface area (Å²) in [6.07, 6.45) is 1.85. The number of aryl methyl sites for hydroxylation is 1. The van der Waals surface area contributed by atoms with Crippen molar-refractivity contribution >= 4 is 33.9 Å². The Morgan fingerprint density at radius 1 is 1.29 bits per heavy atom. The molecule has 0 bridgehead atoms. The molecule has 2 N–H and O–H groups in total. The van der Waals surface area contributed by atoms with E-state index in [0.717, 1.165) is 40.2 Å². The molecule has 1 saturated heterocycles. The van der Waals surface area contributed by atoms with Crippen molar-refractivity contribution < 1.29 is 2.85 Å². The summed E-state index contributed by atoms with van der Waals surface area (Å²) in [6, 6.07) is 9.65. The summed E-state index contributed by atoms with van der Waals surface area (Å²) in [4.78, 5) is 14.9. The smallest absolute Gasteiger partial charge is 0.188 e. The lowest BCUT2D eigenvalue weighted by Gasteiger charge is -2.27. The third-order valence-electron chi connectivity index (χ3n) is 3.92. The van der Waals surface area contributed by atoms with Gasteiger partial charge in [-0.2, -0.15) is 0 Å². The number of anilines is 2. The van der Waals surface area contributed by atoms with E-state index in [9.17, 15) is 0 Å². The normalized spacial score (nSPS) is 14.4. The molecule has 1 aliphatic heterocycles. The first-order valence-corrected chi connectivity index (χ1v) is 8.92. The molecule has 0 unspecified atom stereocenters. The molecule has 0 atom stereocenters. The van der Waals surface area contributed by atoms with E-state index < -0.39 is 0 Å². The molecule has 24 heavy (non-hydrogen) atoms. The van der Waals surface area contributed by atoms with E-state index >= 15 is 0 Å². The predicted octanol–water partition coefficient (Wildman–Crippen LogP) is 4.48. The Hall–Kier alpha value is -2.02. The Kier molecular flexibility index (Phi) is 4.18. The van der Waals surface area contributed by atoms with Crippen LogP contribution in [0.3, 0.4) is 0 Å². The minimum absolute atomic E-state index is 0. The minimum Gasteiger partial charge on any atom is -0.316 e. The maximum absolute atomic E-state index is 6.33. The summed E-state index contributed by atoms with van der Waals surface area (Å²) in [5.74, 6) is 1.80. The summed E-state index contributed by atoms with van der Waals surface area (Å²) >= 11 is 7.93. The second-order valence-electron chi connectivity index (χ2n) is 5.74. The standard InChI is InChI=1S/C17H16ClN5S.2H2/c1-10-7-20-17(24-10)23-15-6-14(11-8-19-9-11)21-16(22-15)12-4-2-3-5-13(12)18;;/h2-7,11,19H,8-9H2,1H3,(H,20,21,22,23);2*1H. The molecule has 7 heteroatoms. The number of aromatic nitrogens is 3. The third kappa shape index (κ3) is 3.13. The van der Waals surface area contributed by atoms with Crippen LogP contribution in [0, 0.1) is 6.92 Å². The monoisotopic (exact) mass is 361 g/mol. The summed E-state index contributed by atoms with van der Waals surface area (Å²) in [6.45, 7) is 3.91. The van der Waals surface area contributed by atoms with E-state index in [0.29, 0.717) is 16.8 Å². The highest BCUT2D eigenvalue weighted by Gasteiger charge is 2.22. The molecule has 4 rings (SSSR count). The van der Waals surface area contributed by atoms with Crippen molar-refractivity contribution in [2.75, 3.05) is 18.4 Å². The van der Waals surface area contributed by atoms with Crippen LogP contribution in [0.5, 0.6) is 0 Å². The van der Waals surface area contributed by atoms with E-state index in [1.54, 1.807) is 11.3 Å². The van der Waals surface area contributed by atoms with Gasteiger partial charge in [-0.15, -0.1) is 11.3 Å². The Labute approximate surface area is 152 Å². The molecular weight excluding hydrogens is 342 g/mol. The zero-order valence-corrected chi connectivity index (χ0v) is 14.7. The zero-order chi connectivity index (χ0) is 16.5. The molecule has 0 aliphatic carbocycles. The fraction of sp³-hybridized carbons (Fsp3) is 0.235. The van der Waals surface area contributed by atoms with Gasteiger partial charge in [-0.25, -0.2) is 15.0 Å². The summed E-state index contributed by atoms with van der Waals surface area (Å²) < 4.78 is 0. The summed E-state index contributed by atoms with van der Waals surface area (Å²) in [5, 5.41) is 8.05. The minimum atomic E-state index is 0. The molecule has 0 amide bonds. The van der Waals surface area contributed by atoms with Crippen LogP contribution in [-0.4, -0.2) is 28.0 Å². The van der Waals surface area contributed by atoms with Gasteiger partial charge in [0, 0.05) is 44.6 Å². The van der Waals surface area contributed by atoms with Crippen LogP contribution in [0.15, 0.2) is 36.5 Å². The molecular formula is C17H20ClN5S. The fourth-order valence-electron chi connectivity index (χ4n) is 2.52. The quantitative estimate of drug-likeness (QED) is 0.717. The summed E-state index contributed by atoms with van der Waals surface area (Å²) in [5.41, 5.74) is 1.86. The van der Waals surface area contributed by atoms with Crippen LogP contribution in [-0.2, 0) is 0 Å². The number of rotatable bonds is 4. The van der Waals surface area contributed by atoms with Crippen molar-refractivity contribution in [3.63, 3.8) is 0 Å². The van der Waals surface area contributed by atoms with Crippen LogP contribution in [0.4, 0.5) is 10.9 Å². The number of hydrogen-bond acceptors (Lipinski definition) is 6. The number of thiazole rings is 1. The van der Waals surface area contributed by atoms with E-state index in [4.69, 9.17) is 16.6 Å². The Bertz CT molecular complexity index is 885. The SMILES string of the molecule is Cc1cnc(Nc2cc(C3CNC3)nc(-c3ccccc3Cl)n2)s1.[HH].[HH]. The van der Waals surface area contributed by atoms with Crippen molar-refractivity contribution in [1.82, 2.24) is 20.3 Å². The van der Waals surface area contributed by atoms with Gasteiger partial charge in [0.1, 0.15) is 5.82 Å². The molecule has 2 aromatic heterocycles. The van der Waals surface area contributed by atoms with Gasteiger partial charge in [0.05, 0.1) is 10.7 Å². The van der Waals surface area contributed by atoms with Gasteiger partial charge in [-0.1, -0.05) is 23.7 Å².